The number of rotatable bonds is 2. The minimum Gasteiger partial charge on any atom is -0.507 e. The minimum atomic E-state index is -0.534. The van der Waals surface area contributed by atoms with E-state index in [-0.39, 0.29) is 16.7 Å². The van der Waals surface area contributed by atoms with Gasteiger partial charge in [0.2, 0.25) is 0 Å². The summed E-state index contributed by atoms with van der Waals surface area (Å²) in [4.78, 5) is 10.6. The van der Waals surface area contributed by atoms with Gasteiger partial charge in [-0.1, -0.05) is 0 Å². The van der Waals surface area contributed by atoms with Crippen LogP contribution in [-0.4, -0.2) is 18.5 Å². The standard InChI is InChI=1S/C12H9FO3/c1-16-8-4-10-9(11(13)5-8)2-7(6-14)3-12(10)15/h2-6,15H,1H3. The fourth-order valence-corrected chi connectivity index (χ4v) is 1.58. The zero-order valence-corrected chi connectivity index (χ0v) is 8.53. The molecule has 0 atom stereocenters. The second kappa shape index (κ2) is 3.81. The minimum absolute atomic E-state index is 0.141. The van der Waals surface area contributed by atoms with E-state index < -0.39 is 5.82 Å². The fraction of sp³-hybridized carbons (Fsp3) is 0.0833. The second-order valence-corrected chi connectivity index (χ2v) is 3.36. The highest BCUT2D eigenvalue weighted by Crippen LogP contribution is 2.31. The third-order valence-electron chi connectivity index (χ3n) is 2.37. The van der Waals surface area contributed by atoms with Gasteiger partial charge in [0.1, 0.15) is 23.6 Å². The Kier molecular flexibility index (Phi) is 2.48. The molecule has 0 amide bonds. The first-order valence-electron chi connectivity index (χ1n) is 4.61. The summed E-state index contributed by atoms with van der Waals surface area (Å²) < 4.78 is 18.5. The molecule has 2 rings (SSSR count). The van der Waals surface area contributed by atoms with Crippen LogP contribution in [0.3, 0.4) is 0 Å². The van der Waals surface area contributed by atoms with Gasteiger partial charge in [0.15, 0.2) is 0 Å². The van der Waals surface area contributed by atoms with Crippen molar-refractivity contribution < 1.29 is 19.0 Å². The molecule has 0 saturated heterocycles. The molecule has 4 heteroatoms. The molecule has 2 aromatic rings. The van der Waals surface area contributed by atoms with E-state index in [2.05, 4.69) is 0 Å². The van der Waals surface area contributed by atoms with Gasteiger partial charge in [-0.15, -0.1) is 0 Å². The van der Waals surface area contributed by atoms with Crippen LogP contribution in [0.2, 0.25) is 0 Å². The number of aromatic hydroxyl groups is 1. The summed E-state index contributed by atoms with van der Waals surface area (Å²) in [6.45, 7) is 0. The molecule has 82 valence electrons. The first-order valence-corrected chi connectivity index (χ1v) is 4.61. The predicted molar refractivity (Wildman–Crippen MR) is 57.5 cm³/mol. The van der Waals surface area contributed by atoms with Crippen LogP contribution in [0.5, 0.6) is 11.5 Å². The maximum Gasteiger partial charge on any atom is 0.150 e. The number of ether oxygens (including phenoxy) is 1. The molecule has 0 fully saturated rings. The summed E-state index contributed by atoms with van der Waals surface area (Å²) in [7, 11) is 1.41. The lowest BCUT2D eigenvalue weighted by Gasteiger charge is -2.06. The van der Waals surface area contributed by atoms with Gasteiger partial charge in [-0.2, -0.15) is 0 Å². The Morgan fingerprint density at radius 2 is 2.00 bits per heavy atom. The first-order chi connectivity index (χ1) is 7.65. The molecule has 0 aromatic heterocycles. The van der Waals surface area contributed by atoms with Crippen molar-refractivity contribution in [1.82, 2.24) is 0 Å². The normalized spacial score (nSPS) is 10.4. The summed E-state index contributed by atoms with van der Waals surface area (Å²) in [6.07, 6.45) is 0.558. The van der Waals surface area contributed by atoms with Crippen LogP contribution in [0.1, 0.15) is 10.4 Å². The van der Waals surface area contributed by atoms with Gasteiger partial charge in [0, 0.05) is 22.4 Å². The molecule has 0 bridgehead atoms. The van der Waals surface area contributed by atoms with Gasteiger partial charge in [-0.3, -0.25) is 4.79 Å². The highest BCUT2D eigenvalue weighted by molar-refractivity contribution is 5.94. The average molecular weight is 220 g/mol. The molecule has 0 saturated carbocycles. The van der Waals surface area contributed by atoms with E-state index >= 15 is 0 Å². The maximum atomic E-state index is 13.6. The van der Waals surface area contributed by atoms with Gasteiger partial charge in [0.05, 0.1) is 7.11 Å². The maximum absolute atomic E-state index is 13.6. The second-order valence-electron chi connectivity index (χ2n) is 3.36. The third-order valence-corrected chi connectivity index (χ3v) is 2.37. The molecule has 0 heterocycles. The van der Waals surface area contributed by atoms with Gasteiger partial charge < -0.3 is 9.84 Å². The molecule has 0 radical (unpaired) electrons. The Morgan fingerprint density at radius 1 is 1.25 bits per heavy atom. The van der Waals surface area contributed by atoms with Crippen LogP contribution in [0.25, 0.3) is 10.8 Å². The Labute approximate surface area is 91.1 Å². The van der Waals surface area contributed by atoms with Crippen LogP contribution in [0.4, 0.5) is 4.39 Å². The Balaban J connectivity index is 2.83. The molecule has 0 aliphatic carbocycles. The zero-order chi connectivity index (χ0) is 11.7. The van der Waals surface area contributed by atoms with Crippen molar-refractivity contribution in [2.24, 2.45) is 0 Å². The van der Waals surface area contributed by atoms with Gasteiger partial charge >= 0.3 is 0 Å². The number of methoxy groups -OCH3 is 1. The number of phenolic OH excluding ortho intramolecular Hbond substituents is 1. The average Bonchev–Trinajstić information content (AvgIpc) is 2.29. The van der Waals surface area contributed by atoms with Gasteiger partial charge in [-0.25, -0.2) is 4.39 Å². The zero-order valence-electron chi connectivity index (χ0n) is 8.53. The fourth-order valence-electron chi connectivity index (χ4n) is 1.58. The molecule has 16 heavy (non-hydrogen) atoms. The number of halogens is 1. The quantitative estimate of drug-likeness (QED) is 0.791. The van der Waals surface area contributed by atoms with E-state index in [0.29, 0.717) is 17.4 Å². The van der Waals surface area contributed by atoms with Crippen molar-refractivity contribution in [3.05, 3.63) is 35.6 Å². The predicted octanol–water partition coefficient (Wildman–Crippen LogP) is 2.51. The Hall–Kier alpha value is -2.10. The molecule has 0 spiro atoms. The third kappa shape index (κ3) is 1.58. The highest BCUT2D eigenvalue weighted by atomic mass is 19.1. The van der Waals surface area contributed by atoms with Gasteiger partial charge in [-0.05, 0) is 18.2 Å². The van der Waals surface area contributed by atoms with Crippen LogP contribution < -0.4 is 4.74 Å². The largest absolute Gasteiger partial charge is 0.507 e. The van der Waals surface area contributed by atoms with E-state index in [1.54, 1.807) is 0 Å². The summed E-state index contributed by atoms with van der Waals surface area (Å²) in [5.74, 6) is -0.357. The lowest BCUT2D eigenvalue weighted by atomic mass is 10.1. The molecule has 1 N–H and O–H groups in total. The molecule has 0 aliphatic heterocycles. The lowest BCUT2D eigenvalue weighted by Crippen LogP contribution is -1.89. The van der Waals surface area contributed by atoms with E-state index in [0.717, 1.165) is 0 Å². The van der Waals surface area contributed by atoms with Crippen LogP contribution >= 0.6 is 0 Å². The van der Waals surface area contributed by atoms with Crippen molar-refractivity contribution >= 4 is 17.1 Å². The number of fused-ring (bicyclic) bond motifs is 1. The van der Waals surface area contributed by atoms with Crippen molar-refractivity contribution in [2.75, 3.05) is 7.11 Å². The molecular weight excluding hydrogens is 211 g/mol. The smallest absolute Gasteiger partial charge is 0.150 e. The molecule has 2 aromatic carbocycles. The number of benzene rings is 2. The number of hydrogen-bond acceptors (Lipinski definition) is 3. The highest BCUT2D eigenvalue weighted by Gasteiger charge is 2.09. The molecule has 0 unspecified atom stereocenters. The topological polar surface area (TPSA) is 46.5 Å². The molecule has 3 nitrogen and oxygen atoms in total. The first kappa shape index (κ1) is 10.4. The van der Waals surface area contributed by atoms with E-state index in [1.807, 2.05) is 0 Å². The number of aldehydes is 1. The van der Waals surface area contributed by atoms with Crippen molar-refractivity contribution in [3.63, 3.8) is 0 Å². The van der Waals surface area contributed by atoms with Crippen LogP contribution in [0.15, 0.2) is 24.3 Å². The Morgan fingerprint density at radius 3 is 2.62 bits per heavy atom. The molecular formula is C12H9FO3. The number of hydrogen-bond donors (Lipinski definition) is 1. The summed E-state index contributed by atoms with van der Waals surface area (Å²) in [5.41, 5.74) is 0.231. The van der Waals surface area contributed by atoms with Crippen LogP contribution in [0, 0.1) is 5.82 Å². The summed E-state index contributed by atoms with van der Waals surface area (Å²) >= 11 is 0. The lowest BCUT2D eigenvalue weighted by molar-refractivity contribution is 0.112. The SMILES string of the molecule is COc1cc(F)c2cc(C=O)cc(O)c2c1. The summed E-state index contributed by atoms with van der Waals surface area (Å²) in [6, 6.07) is 5.39. The number of carbonyl (C=O) groups excluding carboxylic acids is 1. The summed E-state index contributed by atoms with van der Waals surface area (Å²) in [5, 5.41) is 10.2. The molecule has 0 aliphatic rings. The van der Waals surface area contributed by atoms with Crippen molar-refractivity contribution in [3.8, 4) is 11.5 Å². The number of carbonyl (C=O) groups is 1. The van der Waals surface area contributed by atoms with Gasteiger partial charge in [0.25, 0.3) is 0 Å². The number of phenols is 1. The van der Waals surface area contributed by atoms with Crippen LogP contribution in [-0.2, 0) is 0 Å². The van der Waals surface area contributed by atoms with E-state index in [1.165, 1.54) is 31.4 Å². The monoisotopic (exact) mass is 220 g/mol. The van der Waals surface area contributed by atoms with Crippen molar-refractivity contribution in [2.45, 2.75) is 0 Å². The van der Waals surface area contributed by atoms with E-state index in [4.69, 9.17) is 4.74 Å². The van der Waals surface area contributed by atoms with Crippen molar-refractivity contribution in [1.29, 1.82) is 0 Å². The Bertz CT molecular complexity index is 564. The van der Waals surface area contributed by atoms with E-state index in [9.17, 15) is 14.3 Å².